The zero-order valence-corrected chi connectivity index (χ0v) is 9.58. The summed E-state index contributed by atoms with van der Waals surface area (Å²) in [6.07, 6.45) is -0.00180. The van der Waals surface area contributed by atoms with Gasteiger partial charge in [-0.15, -0.1) is 11.6 Å². The maximum atomic E-state index is 11.6. The number of nitrogens with one attached hydrogen (secondary N) is 1. The van der Waals surface area contributed by atoms with Crippen molar-refractivity contribution in [3.05, 3.63) is 0 Å². The van der Waals surface area contributed by atoms with E-state index in [1.165, 1.54) is 0 Å². The van der Waals surface area contributed by atoms with E-state index < -0.39 is 11.9 Å². The number of morpholine rings is 1. The van der Waals surface area contributed by atoms with E-state index in [2.05, 4.69) is 5.32 Å². The second-order valence-corrected chi connectivity index (χ2v) is 3.90. The number of urea groups is 1. The van der Waals surface area contributed by atoms with Crippen LogP contribution in [0.25, 0.3) is 0 Å². The van der Waals surface area contributed by atoms with Crippen LogP contribution in [0.1, 0.15) is 13.8 Å². The third-order valence-corrected chi connectivity index (χ3v) is 2.48. The number of rotatable bonds is 1. The van der Waals surface area contributed by atoms with Gasteiger partial charge >= 0.3 is 6.03 Å². The van der Waals surface area contributed by atoms with Crippen molar-refractivity contribution in [1.29, 1.82) is 0 Å². The summed E-state index contributed by atoms with van der Waals surface area (Å²) in [5, 5.41) is 2.21. The predicted molar refractivity (Wildman–Crippen MR) is 55.8 cm³/mol. The largest absolute Gasteiger partial charge is 0.375 e. The smallest absolute Gasteiger partial charge is 0.324 e. The van der Waals surface area contributed by atoms with Crippen LogP contribution in [0.3, 0.4) is 0 Å². The molecule has 1 saturated heterocycles. The molecule has 86 valence electrons. The van der Waals surface area contributed by atoms with Gasteiger partial charge in [-0.2, -0.15) is 0 Å². The molecular weight excluding hydrogens is 220 g/mol. The molecule has 2 unspecified atom stereocenters. The van der Waals surface area contributed by atoms with E-state index in [1.54, 1.807) is 4.90 Å². The van der Waals surface area contributed by atoms with Gasteiger partial charge in [0.15, 0.2) is 0 Å². The quantitative estimate of drug-likeness (QED) is 0.675. The first-order valence-corrected chi connectivity index (χ1v) is 5.36. The molecule has 5 nitrogen and oxygen atoms in total. The van der Waals surface area contributed by atoms with Gasteiger partial charge in [0.1, 0.15) is 5.88 Å². The monoisotopic (exact) mass is 234 g/mol. The maximum absolute atomic E-state index is 11.6. The van der Waals surface area contributed by atoms with Gasteiger partial charge in [0.25, 0.3) is 0 Å². The number of carbonyl (C=O) groups excluding carboxylic acids is 2. The first kappa shape index (κ1) is 12.3. The molecule has 1 heterocycles. The van der Waals surface area contributed by atoms with Gasteiger partial charge in [-0.25, -0.2) is 4.79 Å². The zero-order chi connectivity index (χ0) is 11.4. The van der Waals surface area contributed by atoms with Crippen molar-refractivity contribution in [3.8, 4) is 0 Å². The van der Waals surface area contributed by atoms with E-state index in [0.29, 0.717) is 13.2 Å². The Hall–Kier alpha value is -0.810. The van der Waals surface area contributed by atoms with Gasteiger partial charge < -0.3 is 9.64 Å². The zero-order valence-electron chi connectivity index (χ0n) is 8.83. The predicted octanol–water partition coefficient (Wildman–Crippen LogP) is 0.571. The summed E-state index contributed by atoms with van der Waals surface area (Å²) in [5.74, 6) is -0.687. The molecule has 15 heavy (non-hydrogen) atoms. The summed E-state index contributed by atoms with van der Waals surface area (Å²) in [6.45, 7) is 4.73. The molecule has 1 rings (SSSR count). The number of nitrogens with zero attached hydrogens (tertiary/aromatic N) is 1. The molecule has 0 aromatic carbocycles. The molecule has 1 fully saturated rings. The fourth-order valence-corrected chi connectivity index (χ4v) is 1.48. The van der Waals surface area contributed by atoms with Crippen LogP contribution >= 0.6 is 11.6 Å². The molecule has 2 atom stereocenters. The van der Waals surface area contributed by atoms with Crippen molar-refractivity contribution < 1.29 is 14.3 Å². The molecule has 0 aromatic rings. The van der Waals surface area contributed by atoms with Gasteiger partial charge in [-0.1, -0.05) is 0 Å². The van der Waals surface area contributed by atoms with E-state index in [-0.39, 0.29) is 18.0 Å². The standard InChI is InChI=1S/C9H15ClN2O3/c1-6-5-15-7(2)4-12(6)9(14)11-8(13)3-10/h6-7H,3-5H2,1-2H3,(H,11,13,14). The Morgan fingerprint density at radius 3 is 2.80 bits per heavy atom. The SMILES string of the molecule is CC1CN(C(=O)NC(=O)CCl)C(C)CO1. The first-order chi connectivity index (χ1) is 7.04. The topological polar surface area (TPSA) is 58.6 Å². The molecule has 0 saturated carbocycles. The minimum atomic E-state index is -0.479. The van der Waals surface area contributed by atoms with E-state index in [9.17, 15) is 9.59 Å². The molecule has 1 aliphatic rings. The normalized spacial score (nSPS) is 26.2. The fourth-order valence-electron chi connectivity index (χ4n) is 1.41. The summed E-state index contributed by atoms with van der Waals surface area (Å²) in [7, 11) is 0. The molecule has 0 bridgehead atoms. The van der Waals surface area contributed by atoms with Crippen LogP contribution in [-0.2, 0) is 9.53 Å². The lowest BCUT2D eigenvalue weighted by Gasteiger charge is -2.36. The Kier molecular flexibility index (Phi) is 4.35. The molecule has 0 radical (unpaired) electrons. The Bertz CT molecular complexity index is 260. The number of hydrogen-bond acceptors (Lipinski definition) is 3. The lowest BCUT2D eigenvalue weighted by Crippen LogP contribution is -2.54. The van der Waals surface area contributed by atoms with Gasteiger partial charge in [-0.3, -0.25) is 10.1 Å². The van der Waals surface area contributed by atoms with Crippen molar-refractivity contribution in [1.82, 2.24) is 10.2 Å². The Labute approximate surface area is 93.7 Å². The highest BCUT2D eigenvalue weighted by Gasteiger charge is 2.28. The lowest BCUT2D eigenvalue weighted by molar-refractivity contribution is -0.118. The Morgan fingerprint density at radius 2 is 2.20 bits per heavy atom. The third-order valence-electron chi connectivity index (χ3n) is 2.24. The number of carbonyl (C=O) groups is 2. The number of amides is 3. The number of ether oxygens (including phenoxy) is 1. The molecule has 1 aliphatic heterocycles. The minimum absolute atomic E-state index is 0.00180. The van der Waals surface area contributed by atoms with E-state index in [0.717, 1.165) is 0 Å². The number of hydrogen-bond donors (Lipinski definition) is 1. The van der Waals surface area contributed by atoms with E-state index >= 15 is 0 Å². The number of imide groups is 1. The van der Waals surface area contributed by atoms with Crippen LogP contribution in [0.4, 0.5) is 4.79 Å². The summed E-state index contributed by atoms with van der Waals surface area (Å²) in [6, 6.07) is -0.423. The summed E-state index contributed by atoms with van der Waals surface area (Å²) >= 11 is 5.29. The average Bonchev–Trinajstić information content (AvgIpc) is 2.21. The summed E-state index contributed by atoms with van der Waals surface area (Å²) in [5.41, 5.74) is 0. The highest BCUT2D eigenvalue weighted by Crippen LogP contribution is 2.11. The third kappa shape index (κ3) is 3.35. The number of alkyl halides is 1. The van der Waals surface area contributed by atoms with Crippen LogP contribution in [0.2, 0.25) is 0 Å². The van der Waals surface area contributed by atoms with Crippen LogP contribution in [0.15, 0.2) is 0 Å². The highest BCUT2D eigenvalue weighted by molar-refractivity contribution is 6.28. The van der Waals surface area contributed by atoms with Crippen LogP contribution < -0.4 is 5.32 Å². The van der Waals surface area contributed by atoms with Crippen LogP contribution in [0, 0.1) is 0 Å². The summed E-state index contributed by atoms with van der Waals surface area (Å²) in [4.78, 5) is 24.1. The summed E-state index contributed by atoms with van der Waals surface area (Å²) < 4.78 is 5.37. The van der Waals surface area contributed by atoms with Gasteiger partial charge in [-0.05, 0) is 13.8 Å². The average molecular weight is 235 g/mol. The van der Waals surface area contributed by atoms with Crippen molar-refractivity contribution in [2.24, 2.45) is 0 Å². The van der Waals surface area contributed by atoms with Crippen LogP contribution in [0.5, 0.6) is 0 Å². The fraction of sp³-hybridized carbons (Fsp3) is 0.778. The van der Waals surface area contributed by atoms with Gasteiger partial charge in [0.05, 0.1) is 18.8 Å². The molecule has 0 aromatic heterocycles. The molecule has 1 N–H and O–H groups in total. The van der Waals surface area contributed by atoms with Crippen molar-refractivity contribution in [3.63, 3.8) is 0 Å². The van der Waals surface area contributed by atoms with Crippen molar-refractivity contribution in [2.75, 3.05) is 19.0 Å². The second-order valence-electron chi connectivity index (χ2n) is 3.63. The first-order valence-electron chi connectivity index (χ1n) is 4.82. The van der Waals surface area contributed by atoms with E-state index in [1.807, 2.05) is 13.8 Å². The molecule has 3 amide bonds. The maximum Gasteiger partial charge on any atom is 0.324 e. The lowest BCUT2D eigenvalue weighted by atomic mass is 10.2. The minimum Gasteiger partial charge on any atom is -0.375 e. The van der Waals surface area contributed by atoms with Crippen LogP contribution in [-0.4, -0.2) is 48.0 Å². The van der Waals surface area contributed by atoms with Crippen molar-refractivity contribution >= 4 is 23.5 Å². The highest BCUT2D eigenvalue weighted by atomic mass is 35.5. The van der Waals surface area contributed by atoms with Gasteiger partial charge in [0, 0.05) is 6.54 Å². The Balaban J connectivity index is 2.53. The van der Waals surface area contributed by atoms with E-state index in [4.69, 9.17) is 16.3 Å². The molecule has 0 aliphatic carbocycles. The van der Waals surface area contributed by atoms with Crippen molar-refractivity contribution in [2.45, 2.75) is 26.0 Å². The number of halogens is 1. The Morgan fingerprint density at radius 1 is 1.53 bits per heavy atom. The molecule has 6 heteroatoms. The molecule has 0 spiro atoms. The second kappa shape index (κ2) is 5.32. The van der Waals surface area contributed by atoms with Gasteiger partial charge in [0.2, 0.25) is 5.91 Å². The molecular formula is C9H15ClN2O3.